The maximum atomic E-state index is 11.2. The Morgan fingerprint density at radius 2 is 2.06 bits per heavy atom. The number of nitrogens with zero attached hydrogens (tertiary/aromatic N) is 2. The number of rotatable bonds is 2. The summed E-state index contributed by atoms with van der Waals surface area (Å²) in [5.41, 5.74) is 0.624. The second-order valence-corrected chi connectivity index (χ2v) is 4.13. The number of carbonyl (C=O) groups is 2. The summed E-state index contributed by atoms with van der Waals surface area (Å²) in [4.78, 5) is 27.2. The summed E-state index contributed by atoms with van der Waals surface area (Å²) in [6.07, 6.45) is 0. The van der Waals surface area contributed by atoms with Crippen LogP contribution in [-0.4, -0.2) is 27.5 Å². The van der Waals surface area contributed by atoms with Gasteiger partial charge in [-0.2, -0.15) is 0 Å². The minimum atomic E-state index is -0.500. The van der Waals surface area contributed by atoms with Gasteiger partial charge in [0.2, 0.25) is 11.8 Å². The number of imide groups is 1. The van der Waals surface area contributed by atoms with Crippen LogP contribution < -0.4 is 0 Å². The van der Waals surface area contributed by atoms with Gasteiger partial charge in [-0.15, -0.1) is 22.9 Å². The number of thiazole rings is 1. The summed E-state index contributed by atoms with van der Waals surface area (Å²) >= 11 is 6.75. The molecule has 2 amide bonds. The third-order valence-electron chi connectivity index (χ3n) is 1.74. The zero-order valence-corrected chi connectivity index (χ0v) is 10.4. The van der Waals surface area contributed by atoms with Crippen molar-refractivity contribution in [2.45, 2.75) is 19.7 Å². The van der Waals surface area contributed by atoms with E-state index in [0.29, 0.717) is 10.7 Å². The van der Waals surface area contributed by atoms with Crippen LogP contribution in [0.25, 0.3) is 0 Å². The van der Waals surface area contributed by atoms with Crippen molar-refractivity contribution in [3.05, 3.63) is 16.1 Å². The van der Waals surface area contributed by atoms with Crippen molar-refractivity contribution >= 4 is 40.6 Å². The number of hydrogen-bond acceptors (Lipinski definition) is 5. The Hall–Kier alpha value is -1.27. The lowest BCUT2D eigenvalue weighted by Crippen LogP contribution is -2.38. The summed E-state index contributed by atoms with van der Waals surface area (Å²) in [5.74, 6) is -0.967. The molecule has 1 aromatic heterocycles. The first-order chi connectivity index (χ1) is 7.47. The second kappa shape index (κ2) is 5.18. The van der Waals surface area contributed by atoms with Crippen molar-refractivity contribution in [2.75, 3.05) is 0 Å². The number of amides is 2. The lowest BCUT2D eigenvalue weighted by molar-refractivity contribution is -0.137. The largest absolute Gasteiger partial charge is 0.281 e. The average Bonchev–Trinajstić information content (AvgIpc) is 2.64. The van der Waals surface area contributed by atoms with Crippen LogP contribution in [-0.2, 0) is 15.5 Å². The summed E-state index contributed by atoms with van der Waals surface area (Å²) < 4.78 is 0. The van der Waals surface area contributed by atoms with Gasteiger partial charge in [-0.1, -0.05) is 0 Å². The quantitative estimate of drug-likeness (QED) is 0.498. The van der Waals surface area contributed by atoms with Crippen molar-refractivity contribution in [3.63, 3.8) is 0 Å². The fraction of sp³-hybridized carbons (Fsp3) is 0.333. The number of aromatic nitrogens is 1. The van der Waals surface area contributed by atoms with Gasteiger partial charge in [-0.25, -0.2) is 9.88 Å². The third-order valence-corrected chi connectivity index (χ3v) is 2.92. The molecule has 0 saturated heterocycles. The maximum absolute atomic E-state index is 11.2. The molecule has 0 aliphatic rings. The molecule has 1 rings (SSSR count). The van der Waals surface area contributed by atoms with Gasteiger partial charge in [0.25, 0.3) is 0 Å². The minimum Gasteiger partial charge on any atom is -0.281 e. The molecule has 1 N–H and O–H groups in total. The fourth-order valence-corrected chi connectivity index (χ4v) is 2.09. The molecular formula is C9H10ClN3O2S. The number of nitrogens with one attached hydrogen (secondary N) is 1. The van der Waals surface area contributed by atoms with Crippen LogP contribution in [0.4, 0.5) is 0 Å². The zero-order chi connectivity index (χ0) is 12.3. The summed E-state index contributed by atoms with van der Waals surface area (Å²) in [6, 6.07) is 0. The third kappa shape index (κ3) is 2.65. The molecule has 0 unspecified atom stereocenters. The highest BCUT2D eigenvalue weighted by Crippen LogP contribution is 2.14. The molecule has 0 atom stereocenters. The molecule has 0 bridgehead atoms. The molecule has 5 nitrogen and oxygen atoms in total. The Balaban J connectivity index is 2.99. The van der Waals surface area contributed by atoms with E-state index >= 15 is 0 Å². The number of halogens is 1. The molecule has 16 heavy (non-hydrogen) atoms. The summed E-state index contributed by atoms with van der Waals surface area (Å²) in [6.45, 7) is 2.46. The van der Waals surface area contributed by atoms with E-state index in [1.807, 2.05) is 0 Å². The van der Waals surface area contributed by atoms with Crippen molar-refractivity contribution < 1.29 is 9.59 Å². The monoisotopic (exact) mass is 259 g/mol. The van der Waals surface area contributed by atoms with Crippen molar-refractivity contribution in [1.82, 2.24) is 9.88 Å². The van der Waals surface area contributed by atoms with Crippen molar-refractivity contribution in [3.8, 4) is 0 Å². The highest BCUT2D eigenvalue weighted by atomic mass is 35.5. The zero-order valence-electron chi connectivity index (χ0n) is 8.78. The molecule has 1 heterocycles. The number of hydrogen-bond donors (Lipinski definition) is 1. The Bertz CT molecular complexity index is 430. The normalized spacial score (nSPS) is 9.94. The molecular weight excluding hydrogens is 250 g/mol. The molecule has 0 aromatic carbocycles. The average molecular weight is 260 g/mol. The van der Waals surface area contributed by atoms with Crippen molar-refractivity contribution in [2.24, 2.45) is 0 Å². The Kier molecular flexibility index (Phi) is 4.14. The molecule has 0 radical (unpaired) electrons. The summed E-state index contributed by atoms with van der Waals surface area (Å²) in [7, 11) is 0. The predicted octanol–water partition coefficient (Wildman–Crippen LogP) is 1.60. The highest BCUT2D eigenvalue weighted by Gasteiger charge is 2.22. The Morgan fingerprint density at radius 1 is 1.50 bits per heavy atom. The van der Waals surface area contributed by atoms with E-state index in [1.165, 1.54) is 25.2 Å². The Morgan fingerprint density at radius 3 is 2.44 bits per heavy atom. The lowest BCUT2D eigenvalue weighted by Gasteiger charge is -2.15. The molecule has 0 spiro atoms. The summed E-state index contributed by atoms with van der Waals surface area (Å²) in [5, 5.41) is 9.72. The highest BCUT2D eigenvalue weighted by molar-refractivity contribution is 7.11. The standard InChI is InChI=1S/C9H10ClN3O2S/c1-5(14)13(6(2)15)8(11)9-12-7(3-10)4-16-9/h4,11H,3H2,1-2H3. The van der Waals surface area contributed by atoms with Gasteiger partial charge in [0, 0.05) is 19.2 Å². The van der Waals surface area contributed by atoms with E-state index in [1.54, 1.807) is 5.38 Å². The molecule has 0 saturated carbocycles. The molecule has 0 aliphatic heterocycles. The second-order valence-electron chi connectivity index (χ2n) is 3.00. The van der Waals surface area contributed by atoms with E-state index in [2.05, 4.69) is 4.98 Å². The first-order valence-corrected chi connectivity index (χ1v) is 5.79. The van der Waals surface area contributed by atoms with E-state index in [-0.39, 0.29) is 11.7 Å². The van der Waals surface area contributed by atoms with Gasteiger partial charge in [-0.05, 0) is 0 Å². The van der Waals surface area contributed by atoms with Crippen LogP contribution in [0.2, 0.25) is 0 Å². The molecule has 0 aliphatic carbocycles. The van der Waals surface area contributed by atoms with Crippen LogP contribution >= 0.6 is 22.9 Å². The van der Waals surface area contributed by atoms with Gasteiger partial charge in [0.05, 0.1) is 11.6 Å². The first kappa shape index (κ1) is 12.8. The van der Waals surface area contributed by atoms with Gasteiger partial charge >= 0.3 is 0 Å². The van der Waals surface area contributed by atoms with Crippen LogP contribution in [0.5, 0.6) is 0 Å². The van der Waals surface area contributed by atoms with Crippen LogP contribution in [0, 0.1) is 5.41 Å². The topological polar surface area (TPSA) is 74.1 Å². The molecule has 86 valence electrons. The van der Waals surface area contributed by atoms with Gasteiger partial charge in [0.1, 0.15) is 0 Å². The molecule has 1 aromatic rings. The van der Waals surface area contributed by atoms with Crippen LogP contribution in [0.1, 0.15) is 24.5 Å². The van der Waals surface area contributed by atoms with Gasteiger partial charge in [-0.3, -0.25) is 15.0 Å². The van der Waals surface area contributed by atoms with Crippen LogP contribution in [0.3, 0.4) is 0 Å². The number of carbonyl (C=O) groups excluding carboxylic acids is 2. The molecule has 0 fully saturated rings. The number of amidine groups is 1. The predicted molar refractivity (Wildman–Crippen MR) is 61.7 cm³/mol. The van der Waals surface area contributed by atoms with Gasteiger partial charge < -0.3 is 0 Å². The minimum absolute atomic E-state index is 0.207. The fourth-order valence-electron chi connectivity index (χ4n) is 1.11. The molecule has 7 heteroatoms. The van der Waals surface area contributed by atoms with E-state index < -0.39 is 11.8 Å². The Labute approximate surface area is 102 Å². The lowest BCUT2D eigenvalue weighted by atomic mass is 10.4. The van der Waals surface area contributed by atoms with Gasteiger partial charge in [0.15, 0.2) is 10.8 Å². The smallest absolute Gasteiger partial charge is 0.231 e. The SMILES string of the molecule is CC(=O)N(C(=N)c1nc(CCl)cs1)C(C)=O. The van der Waals surface area contributed by atoms with E-state index in [0.717, 1.165) is 4.90 Å². The van der Waals surface area contributed by atoms with Crippen molar-refractivity contribution in [1.29, 1.82) is 5.41 Å². The van der Waals surface area contributed by atoms with E-state index in [9.17, 15) is 9.59 Å². The number of alkyl halides is 1. The van der Waals surface area contributed by atoms with E-state index in [4.69, 9.17) is 17.0 Å². The van der Waals surface area contributed by atoms with Crippen LogP contribution in [0.15, 0.2) is 5.38 Å². The maximum Gasteiger partial charge on any atom is 0.231 e. The first-order valence-electron chi connectivity index (χ1n) is 4.38.